The van der Waals surface area contributed by atoms with E-state index in [4.69, 9.17) is 5.73 Å². The Bertz CT molecular complexity index is 1660. The molecule has 0 spiro atoms. The number of aromatic hydroxyl groups is 1. The zero-order chi connectivity index (χ0) is 33.2. The van der Waals surface area contributed by atoms with Crippen molar-refractivity contribution < 1.29 is 34.8 Å². The highest BCUT2D eigenvalue weighted by Gasteiger charge is 2.72. The van der Waals surface area contributed by atoms with E-state index < -0.39 is 57.0 Å². The third-order valence-corrected chi connectivity index (χ3v) is 9.92. The summed E-state index contributed by atoms with van der Waals surface area (Å²) < 4.78 is 0. The van der Waals surface area contributed by atoms with Gasteiger partial charge in [0.1, 0.15) is 22.8 Å². The summed E-state index contributed by atoms with van der Waals surface area (Å²) in [5.74, 6) is -4.95. The molecule has 5 rings (SSSR count). The Balaban J connectivity index is 1.65. The van der Waals surface area contributed by atoms with Crippen LogP contribution in [-0.2, 0) is 33.8 Å². The summed E-state index contributed by atoms with van der Waals surface area (Å²) in [6, 6.07) is 10.6. The van der Waals surface area contributed by atoms with Gasteiger partial charge in [0.15, 0.2) is 11.4 Å². The fourth-order valence-electron chi connectivity index (χ4n) is 8.06. The lowest BCUT2D eigenvalue weighted by molar-refractivity contribution is -0.175. The van der Waals surface area contributed by atoms with Gasteiger partial charge < -0.3 is 36.4 Å². The van der Waals surface area contributed by atoms with E-state index in [0.29, 0.717) is 17.7 Å². The van der Waals surface area contributed by atoms with Gasteiger partial charge in [0, 0.05) is 48.3 Å². The molecule has 4 atom stereocenters. The van der Waals surface area contributed by atoms with Crippen LogP contribution in [0.2, 0.25) is 0 Å². The second-order valence-electron chi connectivity index (χ2n) is 13.5. The standard InChI is InChI=1S/C34H42N4O7/c1-32-15-20-21(37(3)4)14-19(16-36-13-12-18-10-8-7-9-11-18)25(39)22(20)26(40)24(32)30(43)34(45)29(42)23(31(35)44)27(41)28(38(5)6)33(34,2)17-32/h7-11,14,28,36,39-40,42,45H,12-13,15-17H2,1-6H3,(H2,35,44)/t28-,32+,33+,34-/m1/s1. The molecule has 0 heterocycles. The van der Waals surface area contributed by atoms with Gasteiger partial charge in [-0.25, -0.2) is 0 Å². The molecule has 0 aromatic heterocycles. The maximum atomic E-state index is 14.5. The van der Waals surface area contributed by atoms with E-state index in [1.807, 2.05) is 55.4 Å². The summed E-state index contributed by atoms with van der Waals surface area (Å²) in [5.41, 5.74) is 2.02. The van der Waals surface area contributed by atoms with E-state index in [1.54, 1.807) is 21.0 Å². The van der Waals surface area contributed by atoms with Crippen molar-refractivity contribution in [2.75, 3.05) is 39.6 Å². The van der Waals surface area contributed by atoms with Crippen molar-refractivity contribution in [1.82, 2.24) is 10.2 Å². The number of likely N-dealkylation sites (N-methyl/N-ethyl adjacent to an activating group) is 1. The number of primary amides is 1. The van der Waals surface area contributed by atoms with E-state index in [-0.39, 0.29) is 36.3 Å². The highest BCUT2D eigenvalue weighted by molar-refractivity contribution is 6.25. The Morgan fingerprint density at radius 1 is 1.07 bits per heavy atom. The number of fused-ring (bicyclic) bond motifs is 3. The number of nitrogens with zero attached hydrogens (tertiary/aromatic N) is 2. The quantitative estimate of drug-likeness (QED) is 0.190. The van der Waals surface area contributed by atoms with Gasteiger partial charge in [-0.2, -0.15) is 0 Å². The molecular weight excluding hydrogens is 576 g/mol. The van der Waals surface area contributed by atoms with Gasteiger partial charge in [-0.1, -0.05) is 44.2 Å². The summed E-state index contributed by atoms with van der Waals surface area (Å²) in [6.45, 7) is 4.21. The van der Waals surface area contributed by atoms with Crippen molar-refractivity contribution in [1.29, 1.82) is 0 Å². The van der Waals surface area contributed by atoms with Gasteiger partial charge >= 0.3 is 0 Å². The largest absolute Gasteiger partial charge is 0.508 e. The topological polar surface area (TPSA) is 177 Å². The van der Waals surface area contributed by atoms with E-state index in [2.05, 4.69) is 5.32 Å². The van der Waals surface area contributed by atoms with Crippen molar-refractivity contribution in [3.63, 3.8) is 0 Å². The molecule has 0 unspecified atom stereocenters. The van der Waals surface area contributed by atoms with E-state index in [9.17, 15) is 34.8 Å². The maximum absolute atomic E-state index is 14.5. The summed E-state index contributed by atoms with van der Waals surface area (Å²) >= 11 is 0. The maximum Gasteiger partial charge on any atom is 0.255 e. The van der Waals surface area contributed by atoms with Crippen LogP contribution in [0.3, 0.4) is 0 Å². The Morgan fingerprint density at radius 2 is 1.71 bits per heavy atom. The predicted octanol–water partition coefficient (Wildman–Crippen LogP) is 2.14. The lowest BCUT2D eigenvalue weighted by atomic mass is 9.46. The molecule has 0 radical (unpaired) electrons. The molecule has 3 aliphatic rings. The number of nitrogens with two attached hydrogens (primary N) is 1. The molecule has 2 aromatic carbocycles. The number of carbonyl (C=O) groups excluding carboxylic acids is 3. The molecular formula is C34H42N4O7. The van der Waals surface area contributed by atoms with Crippen LogP contribution in [0.1, 0.15) is 42.5 Å². The Labute approximate surface area is 262 Å². The molecule has 3 aliphatic carbocycles. The average molecular weight is 619 g/mol. The monoisotopic (exact) mass is 618 g/mol. The third-order valence-electron chi connectivity index (χ3n) is 9.92. The number of hydrogen-bond donors (Lipinski definition) is 6. The molecule has 240 valence electrons. The van der Waals surface area contributed by atoms with Crippen LogP contribution in [0.15, 0.2) is 53.3 Å². The molecule has 0 saturated heterocycles. The average Bonchev–Trinajstić information content (AvgIpc) is 2.94. The smallest absolute Gasteiger partial charge is 0.255 e. The Hall–Kier alpha value is -4.19. The van der Waals surface area contributed by atoms with Crippen LogP contribution in [0.25, 0.3) is 5.76 Å². The normalized spacial score (nSPS) is 27.8. The zero-order valence-electron chi connectivity index (χ0n) is 26.6. The number of nitrogens with one attached hydrogen (secondary N) is 1. The Kier molecular flexibility index (Phi) is 7.88. The van der Waals surface area contributed by atoms with Crippen molar-refractivity contribution >= 4 is 28.9 Å². The van der Waals surface area contributed by atoms with Crippen LogP contribution < -0.4 is 16.0 Å². The Morgan fingerprint density at radius 3 is 2.29 bits per heavy atom. The van der Waals surface area contributed by atoms with Gasteiger partial charge in [0.05, 0.1) is 11.6 Å². The molecule has 11 heteroatoms. The summed E-state index contributed by atoms with van der Waals surface area (Å²) in [5, 5.41) is 50.2. The number of rotatable bonds is 8. The first-order valence-corrected chi connectivity index (χ1v) is 15.0. The van der Waals surface area contributed by atoms with E-state index in [0.717, 1.165) is 17.7 Å². The number of aliphatic hydroxyl groups excluding tert-OH is 2. The van der Waals surface area contributed by atoms with Gasteiger partial charge in [0.2, 0.25) is 5.78 Å². The SMILES string of the molecule is CN(C)c1cc(CNCCc2ccccc2)c(O)c2c1C[C@@]1(C)C[C@@]3(C)[C@H](N(C)C)C(=O)C(C(N)=O)=C(O)[C@@]3(O)C(=O)C1=C2O. The number of anilines is 1. The van der Waals surface area contributed by atoms with Crippen LogP contribution in [0.5, 0.6) is 5.75 Å². The number of benzene rings is 2. The summed E-state index contributed by atoms with van der Waals surface area (Å²) in [4.78, 5) is 43.8. The van der Waals surface area contributed by atoms with Crippen molar-refractivity contribution in [2.24, 2.45) is 16.6 Å². The molecule has 45 heavy (non-hydrogen) atoms. The van der Waals surface area contributed by atoms with Gasteiger partial charge in [-0.05, 0) is 57.1 Å². The van der Waals surface area contributed by atoms with Crippen molar-refractivity contribution in [3.05, 3.63) is 75.6 Å². The van der Waals surface area contributed by atoms with Crippen molar-refractivity contribution in [2.45, 2.75) is 51.3 Å². The molecule has 1 saturated carbocycles. The molecule has 0 aliphatic heterocycles. The fourth-order valence-corrected chi connectivity index (χ4v) is 8.06. The first-order chi connectivity index (χ1) is 21.0. The molecule has 1 amide bonds. The lowest BCUT2D eigenvalue weighted by Crippen LogP contribution is -2.72. The molecule has 7 N–H and O–H groups in total. The van der Waals surface area contributed by atoms with Gasteiger partial charge in [-0.15, -0.1) is 0 Å². The van der Waals surface area contributed by atoms with Gasteiger partial charge in [-0.3, -0.25) is 19.3 Å². The van der Waals surface area contributed by atoms with Crippen LogP contribution in [0, 0.1) is 10.8 Å². The molecule has 1 fully saturated rings. The third kappa shape index (κ3) is 4.63. The van der Waals surface area contributed by atoms with Crippen LogP contribution in [-0.4, -0.2) is 89.2 Å². The number of amides is 1. The highest BCUT2D eigenvalue weighted by Crippen LogP contribution is 2.63. The van der Waals surface area contributed by atoms with E-state index >= 15 is 0 Å². The van der Waals surface area contributed by atoms with Crippen molar-refractivity contribution in [3.8, 4) is 5.75 Å². The van der Waals surface area contributed by atoms with Crippen LogP contribution in [0.4, 0.5) is 5.69 Å². The number of aliphatic hydroxyl groups is 3. The number of carbonyl (C=O) groups is 3. The van der Waals surface area contributed by atoms with Crippen LogP contribution >= 0.6 is 0 Å². The summed E-state index contributed by atoms with van der Waals surface area (Å²) in [7, 11) is 6.86. The summed E-state index contributed by atoms with van der Waals surface area (Å²) in [6.07, 6.45) is 0.930. The number of phenols is 1. The minimum atomic E-state index is -2.75. The molecule has 2 aromatic rings. The highest BCUT2D eigenvalue weighted by atomic mass is 16.3. The van der Waals surface area contributed by atoms with Gasteiger partial charge in [0.25, 0.3) is 5.91 Å². The first kappa shape index (κ1) is 32.2. The number of phenolic OH excluding ortho intramolecular Hbond substituents is 1. The first-order valence-electron chi connectivity index (χ1n) is 15.0. The molecule has 0 bridgehead atoms. The second kappa shape index (κ2) is 11.0. The number of Topliss-reactive ketones (excluding diaryl/α,β-unsaturated/α-hetero) is 2. The fraction of sp³-hybridized carbons (Fsp3) is 0.441. The predicted molar refractivity (Wildman–Crippen MR) is 170 cm³/mol. The minimum absolute atomic E-state index is 0.0256. The van der Waals surface area contributed by atoms with E-state index in [1.165, 1.54) is 11.8 Å². The number of ketones is 2. The second-order valence-corrected chi connectivity index (χ2v) is 13.5. The minimum Gasteiger partial charge on any atom is -0.508 e. The molecule has 11 nitrogen and oxygen atoms in total. The lowest BCUT2D eigenvalue weighted by Gasteiger charge is -2.59. The zero-order valence-corrected chi connectivity index (χ0v) is 26.6. The number of hydrogen-bond acceptors (Lipinski definition) is 10.